The topological polar surface area (TPSA) is 57.7 Å². The van der Waals surface area contributed by atoms with Gasteiger partial charge in [-0.05, 0) is 31.2 Å². The lowest BCUT2D eigenvalue weighted by Crippen LogP contribution is -2.43. The summed E-state index contributed by atoms with van der Waals surface area (Å²) in [5, 5.41) is 0. The van der Waals surface area contributed by atoms with Crippen molar-refractivity contribution in [3.8, 4) is 0 Å². The van der Waals surface area contributed by atoms with E-state index in [1.807, 2.05) is 6.92 Å². The summed E-state index contributed by atoms with van der Waals surface area (Å²) in [7, 11) is -3.90. The first-order valence-corrected chi connectivity index (χ1v) is 9.98. The maximum Gasteiger partial charge on any atom is 0.264 e. The Kier molecular flexibility index (Phi) is 6.96. The average molecular weight is 385 g/mol. The van der Waals surface area contributed by atoms with Crippen molar-refractivity contribution in [3.05, 3.63) is 85.5 Å². The van der Waals surface area contributed by atoms with E-state index < -0.39 is 10.0 Å². The third-order valence-electron chi connectivity index (χ3n) is 3.98. The lowest BCUT2D eigenvalue weighted by Gasteiger charge is -2.27. The molecule has 0 N–H and O–H groups in total. The van der Waals surface area contributed by atoms with Crippen LogP contribution in [0.25, 0.3) is 0 Å². The fourth-order valence-corrected chi connectivity index (χ4v) is 3.97. The summed E-state index contributed by atoms with van der Waals surface area (Å²) < 4.78 is 27.6. The van der Waals surface area contributed by atoms with Crippen LogP contribution in [0.4, 0.5) is 5.69 Å². The maximum absolute atomic E-state index is 13.2. The van der Waals surface area contributed by atoms with Gasteiger partial charge in [0, 0.05) is 13.1 Å². The molecule has 0 heterocycles. The van der Waals surface area contributed by atoms with E-state index in [0.717, 1.165) is 9.87 Å². The minimum absolute atomic E-state index is 0.142. The molecule has 2 aromatic carbocycles. The van der Waals surface area contributed by atoms with E-state index in [1.165, 1.54) is 4.90 Å². The third-order valence-corrected chi connectivity index (χ3v) is 5.77. The fraction of sp³-hybridized carbons (Fsp3) is 0.190. The number of aryl methyl sites for hydroxylation is 1. The molecule has 0 aliphatic carbocycles. The molecule has 0 bridgehead atoms. The molecule has 0 atom stereocenters. The second-order valence-corrected chi connectivity index (χ2v) is 7.90. The van der Waals surface area contributed by atoms with Gasteiger partial charge in [0.1, 0.15) is 6.54 Å². The number of carbonyl (C=O) groups excluding carboxylic acids is 1. The monoisotopic (exact) mass is 384 g/mol. The van der Waals surface area contributed by atoms with E-state index in [9.17, 15) is 13.2 Å². The Morgan fingerprint density at radius 2 is 1.52 bits per heavy atom. The fourth-order valence-electron chi connectivity index (χ4n) is 2.56. The van der Waals surface area contributed by atoms with E-state index >= 15 is 0 Å². The van der Waals surface area contributed by atoms with Gasteiger partial charge in [-0.2, -0.15) is 0 Å². The molecule has 0 saturated heterocycles. The van der Waals surface area contributed by atoms with Crippen molar-refractivity contribution in [1.82, 2.24) is 4.90 Å². The molecule has 0 spiro atoms. The molecular formula is C21H24N2O3S. The number of hydrogen-bond donors (Lipinski definition) is 0. The Morgan fingerprint density at radius 1 is 0.963 bits per heavy atom. The second kappa shape index (κ2) is 9.19. The molecule has 0 fully saturated rings. The van der Waals surface area contributed by atoms with Crippen molar-refractivity contribution in [3.63, 3.8) is 0 Å². The highest BCUT2D eigenvalue weighted by Crippen LogP contribution is 2.24. The number of anilines is 1. The minimum Gasteiger partial charge on any atom is -0.334 e. The van der Waals surface area contributed by atoms with E-state index in [2.05, 4.69) is 13.2 Å². The van der Waals surface area contributed by atoms with Gasteiger partial charge >= 0.3 is 0 Å². The summed E-state index contributed by atoms with van der Waals surface area (Å²) in [6.45, 7) is 9.51. The molecule has 1 amide bonds. The molecule has 0 aromatic heterocycles. The van der Waals surface area contributed by atoms with Gasteiger partial charge in [0.2, 0.25) is 5.91 Å². The Labute approximate surface area is 161 Å². The second-order valence-electron chi connectivity index (χ2n) is 6.04. The third kappa shape index (κ3) is 5.08. The van der Waals surface area contributed by atoms with Crippen LogP contribution in [0.5, 0.6) is 0 Å². The first-order chi connectivity index (χ1) is 12.9. The number of nitrogens with zero attached hydrogens (tertiary/aromatic N) is 2. The van der Waals surface area contributed by atoms with E-state index in [0.29, 0.717) is 18.8 Å². The molecule has 27 heavy (non-hydrogen) atoms. The Bertz CT molecular complexity index is 881. The molecule has 0 saturated carbocycles. The van der Waals surface area contributed by atoms with Crippen LogP contribution < -0.4 is 4.31 Å². The van der Waals surface area contributed by atoms with Crippen molar-refractivity contribution >= 4 is 21.6 Å². The zero-order chi connectivity index (χ0) is 19.9. The van der Waals surface area contributed by atoms with Crippen molar-refractivity contribution in [2.45, 2.75) is 11.8 Å². The molecular weight excluding hydrogens is 360 g/mol. The molecule has 2 aromatic rings. The van der Waals surface area contributed by atoms with Gasteiger partial charge in [0.25, 0.3) is 10.0 Å². The van der Waals surface area contributed by atoms with Gasteiger partial charge in [-0.25, -0.2) is 8.42 Å². The predicted molar refractivity (Wildman–Crippen MR) is 109 cm³/mol. The number of amides is 1. The number of benzene rings is 2. The van der Waals surface area contributed by atoms with Gasteiger partial charge in [-0.1, -0.05) is 48.0 Å². The summed E-state index contributed by atoms with van der Waals surface area (Å²) in [5.41, 5.74) is 1.39. The molecule has 2 rings (SSSR count). The first kappa shape index (κ1) is 20.5. The standard InChI is InChI=1S/C21H24N2O3S/c1-4-15-22(16-5-2)21(24)17-23(19-9-7-6-8-10-19)27(25,26)20-13-11-18(3)12-14-20/h4-14H,1-2,15-17H2,3H3. The zero-order valence-electron chi connectivity index (χ0n) is 15.4. The van der Waals surface area contributed by atoms with Crippen LogP contribution >= 0.6 is 0 Å². The zero-order valence-corrected chi connectivity index (χ0v) is 16.2. The summed E-state index contributed by atoms with van der Waals surface area (Å²) in [4.78, 5) is 14.4. The molecule has 0 aliphatic rings. The van der Waals surface area contributed by atoms with Gasteiger partial charge < -0.3 is 4.90 Å². The van der Waals surface area contributed by atoms with Crippen molar-refractivity contribution in [2.24, 2.45) is 0 Å². The van der Waals surface area contributed by atoms with E-state index in [-0.39, 0.29) is 17.3 Å². The van der Waals surface area contributed by atoms with Crippen LogP contribution in [0, 0.1) is 6.92 Å². The van der Waals surface area contributed by atoms with Crippen LogP contribution in [0.3, 0.4) is 0 Å². The summed E-state index contributed by atoms with van der Waals surface area (Å²) in [6.07, 6.45) is 3.20. The van der Waals surface area contributed by atoms with E-state index in [4.69, 9.17) is 0 Å². The number of rotatable bonds is 9. The minimum atomic E-state index is -3.90. The quantitative estimate of drug-likeness (QED) is 0.623. The van der Waals surface area contributed by atoms with Crippen LogP contribution in [0.15, 0.2) is 84.8 Å². The molecule has 0 aliphatic heterocycles. The summed E-state index contributed by atoms with van der Waals surface area (Å²) in [6, 6.07) is 15.2. The normalized spacial score (nSPS) is 10.9. The number of sulfonamides is 1. The van der Waals surface area contributed by atoms with Crippen LogP contribution in [-0.2, 0) is 14.8 Å². The molecule has 6 heteroatoms. The highest BCUT2D eigenvalue weighted by Gasteiger charge is 2.28. The van der Waals surface area contributed by atoms with Gasteiger partial charge in [0.15, 0.2) is 0 Å². The number of carbonyl (C=O) groups is 1. The molecule has 5 nitrogen and oxygen atoms in total. The largest absolute Gasteiger partial charge is 0.334 e. The van der Waals surface area contributed by atoms with Gasteiger partial charge in [-0.15, -0.1) is 13.2 Å². The predicted octanol–water partition coefficient (Wildman–Crippen LogP) is 3.39. The van der Waals surface area contributed by atoms with Crippen molar-refractivity contribution in [2.75, 3.05) is 23.9 Å². The number of para-hydroxylation sites is 1. The highest BCUT2D eigenvalue weighted by molar-refractivity contribution is 7.92. The first-order valence-electron chi connectivity index (χ1n) is 8.54. The van der Waals surface area contributed by atoms with Crippen molar-refractivity contribution in [1.29, 1.82) is 0 Å². The SMILES string of the molecule is C=CCN(CC=C)C(=O)CN(c1ccccc1)S(=O)(=O)c1ccc(C)cc1. The van der Waals surface area contributed by atoms with Crippen molar-refractivity contribution < 1.29 is 13.2 Å². The molecule has 142 valence electrons. The average Bonchev–Trinajstić information content (AvgIpc) is 2.66. The van der Waals surface area contributed by atoms with Crippen LogP contribution in [-0.4, -0.2) is 38.9 Å². The molecule has 0 unspecified atom stereocenters. The maximum atomic E-state index is 13.2. The Balaban J connectivity index is 2.43. The van der Waals surface area contributed by atoms with E-state index in [1.54, 1.807) is 66.7 Å². The Hall–Kier alpha value is -2.86. The summed E-state index contributed by atoms with van der Waals surface area (Å²) in [5.74, 6) is -0.325. The lowest BCUT2D eigenvalue weighted by molar-refractivity contribution is -0.128. The smallest absolute Gasteiger partial charge is 0.264 e. The summed E-state index contributed by atoms with van der Waals surface area (Å²) >= 11 is 0. The molecule has 0 radical (unpaired) electrons. The van der Waals surface area contributed by atoms with Crippen LogP contribution in [0.1, 0.15) is 5.56 Å². The van der Waals surface area contributed by atoms with Gasteiger partial charge in [-0.3, -0.25) is 9.10 Å². The Morgan fingerprint density at radius 3 is 2.04 bits per heavy atom. The van der Waals surface area contributed by atoms with Crippen LogP contribution in [0.2, 0.25) is 0 Å². The number of hydrogen-bond acceptors (Lipinski definition) is 3. The lowest BCUT2D eigenvalue weighted by atomic mass is 10.2. The highest BCUT2D eigenvalue weighted by atomic mass is 32.2. The van der Waals surface area contributed by atoms with Gasteiger partial charge in [0.05, 0.1) is 10.6 Å².